The molecule has 5 nitrogen and oxygen atoms in total. The lowest BCUT2D eigenvalue weighted by Crippen LogP contribution is -2.16. The van der Waals surface area contributed by atoms with Gasteiger partial charge in [0, 0.05) is 0 Å². The summed E-state index contributed by atoms with van der Waals surface area (Å²) in [6.45, 7) is 5.15. The molecule has 1 aromatic rings. The summed E-state index contributed by atoms with van der Waals surface area (Å²) in [5.41, 5.74) is 3.05. The van der Waals surface area contributed by atoms with Gasteiger partial charge in [0.15, 0.2) is 0 Å². The zero-order chi connectivity index (χ0) is 13.9. The van der Waals surface area contributed by atoms with Gasteiger partial charge in [-0.1, -0.05) is 17.7 Å². The molecule has 0 radical (unpaired) electrons. The Morgan fingerprint density at radius 2 is 1.72 bits per heavy atom. The molecule has 0 saturated carbocycles. The van der Waals surface area contributed by atoms with Crippen LogP contribution in [0.4, 0.5) is 0 Å². The first-order chi connectivity index (χ1) is 8.20. The average Bonchev–Trinajstić information content (AvgIpc) is 2.13. The van der Waals surface area contributed by atoms with E-state index in [2.05, 4.69) is 0 Å². The molecule has 18 heavy (non-hydrogen) atoms. The number of aryl methyl sites for hydroxylation is 3. The molecule has 1 aromatic carbocycles. The molecule has 0 aliphatic rings. The van der Waals surface area contributed by atoms with Gasteiger partial charge in [-0.15, -0.1) is 0 Å². The molecule has 0 aromatic heterocycles. The van der Waals surface area contributed by atoms with Crippen LogP contribution in [0, 0.1) is 20.8 Å². The third-order valence-corrected chi connectivity index (χ3v) is 3.14. The highest BCUT2D eigenvalue weighted by Crippen LogP contribution is 2.17. The van der Waals surface area contributed by atoms with E-state index in [1.807, 2.05) is 19.1 Å². The molecule has 0 bridgehead atoms. The van der Waals surface area contributed by atoms with Gasteiger partial charge >= 0.3 is 5.97 Å². The fourth-order valence-corrected chi connectivity index (χ4v) is 2.11. The van der Waals surface area contributed by atoms with Crippen molar-refractivity contribution in [3.8, 4) is 0 Å². The molecule has 1 rings (SSSR count). The molecule has 0 atom stereocenters. The van der Waals surface area contributed by atoms with Crippen molar-refractivity contribution >= 4 is 16.1 Å². The first-order valence-electron chi connectivity index (χ1n) is 5.41. The van der Waals surface area contributed by atoms with Crippen LogP contribution in [0.1, 0.15) is 27.0 Å². The van der Waals surface area contributed by atoms with Gasteiger partial charge in [-0.3, -0.25) is 4.55 Å². The monoisotopic (exact) mass is 272 g/mol. The van der Waals surface area contributed by atoms with E-state index >= 15 is 0 Å². The van der Waals surface area contributed by atoms with Gasteiger partial charge in [0.2, 0.25) is 0 Å². The number of esters is 1. The summed E-state index contributed by atoms with van der Waals surface area (Å²) in [5.74, 6) is -1.17. The lowest BCUT2D eigenvalue weighted by atomic mass is 10.00. The Labute approximate surface area is 107 Å². The Morgan fingerprint density at radius 1 is 1.22 bits per heavy atom. The summed E-state index contributed by atoms with van der Waals surface area (Å²) in [7, 11) is -4.11. The molecule has 0 fully saturated rings. The van der Waals surface area contributed by atoms with E-state index in [9.17, 15) is 13.2 Å². The Balaban J connectivity index is 2.80. The number of ether oxygens (including phenoxy) is 1. The third-order valence-electron chi connectivity index (χ3n) is 2.46. The first-order valence-corrected chi connectivity index (χ1v) is 7.02. The molecule has 1 N–H and O–H groups in total. The van der Waals surface area contributed by atoms with Gasteiger partial charge in [-0.05, 0) is 31.9 Å². The molecule has 0 heterocycles. The van der Waals surface area contributed by atoms with Crippen LogP contribution in [0.15, 0.2) is 12.1 Å². The largest absolute Gasteiger partial charge is 0.461 e. The van der Waals surface area contributed by atoms with E-state index in [-0.39, 0.29) is 6.61 Å². The van der Waals surface area contributed by atoms with Crippen molar-refractivity contribution in [3.05, 3.63) is 34.4 Å². The van der Waals surface area contributed by atoms with Gasteiger partial charge in [-0.25, -0.2) is 4.79 Å². The van der Waals surface area contributed by atoms with Crippen molar-refractivity contribution in [2.45, 2.75) is 20.8 Å². The van der Waals surface area contributed by atoms with Crippen molar-refractivity contribution in [1.29, 1.82) is 0 Å². The summed E-state index contributed by atoms with van der Waals surface area (Å²) in [6.07, 6.45) is 0. The topological polar surface area (TPSA) is 80.7 Å². The molecule has 0 aliphatic heterocycles. The number of carbonyl (C=O) groups is 1. The second kappa shape index (κ2) is 5.49. The summed E-state index contributed by atoms with van der Waals surface area (Å²) in [6, 6.07) is 3.71. The second-order valence-corrected chi connectivity index (χ2v) is 5.77. The van der Waals surface area contributed by atoms with Gasteiger partial charge < -0.3 is 4.74 Å². The van der Waals surface area contributed by atoms with Crippen molar-refractivity contribution in [1.82, 2.24) is 0 Å². The van der Waals surface area contributed by atoms with Crippen LogP contribution < -0.4 is 0 Å². The second-order valence-electron chi connectivity index (χ2n) is 4.20. The maximum atomic E-state index is 11.8. The molecule has 0 spiro atoms. The van der Waals surface area contributed by atoms with Crippen LogP contribution in [-0.2, 0) is 14.9 Å². The summed E-state index contributed by atoms with van der Waals surface area (Å²) in [4.78, 5) is 11.8. The van der Waals surface area contributed by atoms with Gasteiger partial charge in [0.05, 0.1) is 5.56 Å². The van der Waals surface area contributed by atoms with Gasteiger partial charge in [0.1, 0.15) is 12.4 Å². The molecule has 0 unspecified atom stereocenters. The van der Waals surface area contributed by atoms with Crippen LogP contribution in [0.2, 0.25) is 0 Å². The standard InChI is InChI=1S/C12H16O5S/c1-8-6-9(2)11(10(3)7-8)12(13)17-4-5-18(14,15)16/h6-7H,4-5H2,1-3H3,(H,14,15,16). The molecule has 0 amide bonds. The zero-order valence-electron chi connectivity index (χ0n) is 10.6. The van der Waals surface area contributed by atoms with Crippen LogP contribution >= 0.6 is 0 Å². The number of hydrogen-bond acceptors (Lipinski definition) is 4. The number of carbonyl (C=O) groups excluding carboxylic acids is 1. The third kappa shape index (κ3) is 4.12. The van der Waals surface area contributed by atoms with E-state index in [1.54, 1.807) is 13.8 Å². The summed E-state index contributed by atoms with van der Waals surface area (Å²) in [5, 5.41) is 0. The van der Waals surface area contributed by atoms with Gasteiger partial charge in [0.25, 0.3) is 10.1 Å². The number of benzene rings is 1. The van der Waals surface area contributed by atoms with Crippen LogP contribution in [0.5, 0.6) is 0 Å². The van der Waals surface area contributed by atoms with Crippen molar-refractivity contribution in [2.75, 3.05) is 12.4 Å². The first kappa shape index (κ1) is 14.7. The van der Waals surface area contributed by atoms with Gasteiger partial charge in [-0.2, -0.15) is 8.42 Å². The quantitative estimate of drug-likeness (QED) is 0.666. The highest BCUT2D eigenvalue weighted by Gasteiger charge is 2.15. The van der Waals surface area contributed by atoms with E-state index in [0.717, 1.165) is 16.7 Å². The average molecular weight is 272 g/mol. The van der Waals surface area contributed by atoms with E-state index in [0.29, 0.717) is 5.56 Å². The molecule has 100 valence electrons. The minimum Gasteiger partial charge on any atom is -0.461 e. The predicted octanol–water partition coefficient (Wildman–Crippen LogP) is 1.66. The summed E-state index contributed by atoms with van der Waals surface area (Å²) < 4.78 is 34.3. The summed E-state index contributed by atoms with van der Waals surface area (Å²) >= 11 is 0. The number of hydrogen-bond donors (Lipinski definition) is 1. The number of rotatable bonds is 4. The SMILES string of the molecule is Cc1cc(C)c(C(=O)OCCS(=O)(=O)O)c(C)c1. The Morgan fingerprint density at radius 3 is 2.17 bits per heavy atom. The molecular weight excluding hydrogens is 256 g/mol. The Bertz CT molecular complexity index is 537. The fraction of sp³-hybridized carbons (Fsp3) is 0.417. The molecule has 6 heteroatoms. The lowest BCUT2D eigenvalue weighted by Gasteiger charge is -2.10. The highest BCUT2D eigenvalue weighted by molar-refractivity contribution is 7.85. The van der Waals surface area contributed by atoms with Crippen LogP contribution in [-0.4, -0.2) is 31.3 Å². The molecular formula is C12H16O5S. The molecule has 0 aliphatic carbocycles. The maximum absolute atomic E-state index is 11.8. The smallest absolute Gasteiger partial charge is 0.338 e. The normalized spacial score (nSPS) is 11.3. The van der Waals surface area contributed by atoms with Crippen LogP contribution in [0.25, 0.3) is 0 Å². The Hall–Kier alpha value is -1.40. The van der Waals surface area contributed by atoms with Crippen molar-refractivity contribution in [2.24, 2.45) is 0 Å². The van der Waals surface area contributed by atoms with E-state index in [4.69, 9.17) is 9.29 Å². The predicted molar refractivity (Wildman–Crippen MR) is 67.4 cm³/mol. The van der Waals surface area contributed by atoms with Crippen LogP contribution in [0.3, 0.4) is 0 Å². The van der Waals surface area contributed by atoms with Crippen molar-refractivity contribution < 1.29 is 22.5 Å². The maximum Gasteiger partial charge on any atom is 0.338 e. The fourth-order valence-electron chi connectivity index (χ4n) is 1.81. The zero-order valence-corrected chi connectivity index (χ0v) is 11.4. The van der Waals surface area contributed by atoms with E-state index < -0.39 is 21.8 Å². The van der Waals surface area contributed by atoms with E-state index in [1.165, 1.54) is 0 Å². The molecule has 0 saturated heterocycles. The van der Waals surface area contributed by atoms with Crippen molar-refractivity contribution in [3.63, 3.8) is 0 Å². The Kier molecular flexibility index (Phi) is 4.48. The minimum atomic E-state index is -4.11. The minimum absolute atomic E-state index is 0.357. The highest BCUT2D eigenvalue weighted by atomic mass is 32.2. The lowest BCUT2D eigenvalue weighted by molar-refractivity contribution is 0.0526.